The molecule has 0 spiro atoms. The van der Waals surface area contributed by atoms with Crippen LogP contribution in [0, 0.1) is 6.92 Å². The SMILES string of the molecule is Cc1cc(Oc2ccccc2)ccc1[SH]1C(C(=O)NC2CCCN(C(=O)/C=C/CN3CCCC3)C2)=C2NC(=O)Nc3ccnc1c32. The standard InChI is InChI=1S/C35H38N6O4S/c1-23-21-26(45-25-10-3-2-4-11-25)13-14-28(23)46-32(31-30-27(38-35(44)39-31)15-16-36-34(30)46)33(43)37-24-9-7-20-41(22-24)29(42)12-8-19-40-17-5-6-18-40/h2-4,8,10-16,21,24,46H,5-7,9,17-20,22H2,1H3,(H,37,43)(H2,38,39,44)/b12-8+. The van der Waals surface area contributed by atoms with Gasteiger partial charge >= 0.3 is 6.03 Å². The number of urea groups is 1. The molecule has 2 saturated heterocycles. The highest BCUT2D eigenvalue weighted by Crippen LogP contribution is 2.61. The summed E-state index contributed by atoms with van der Waals surface area (Å²) in [6.45, 7) is 6.06. The van der Waals surface area contributed by atoms with E-state index in [9.17, 15) is 14.4 Å². The summed E-state index contributed by atoms with van der Waals surface area (Å²) in [4.78, 5) is 50.4. The summed E-state index contributed by atoms with van der Waals surface area (Å²) in [6, 6.07) is 16.6. The van der Waals surface area contributed by atoms with Crippen molar-refractivity contribution in [3.63, 3.8) is 0 Å². The highest BCUT2D eigenvalue weighted by molar-refractivity contribution is 8.21. The van der Waals surface area contributed by atoms with Gasteiger partial charge in [0, 0.05) is 42.8 Å². The highest BCUT2D eigenvalue weighted by Gasteiger charge is 2.41. The molecule has 2 atom stereocenters. The van der Waals surface area contributed by atoms with Crippen molar-refractivity contribution in [2.45, 2.75) is 48.6 Å². The van der Waals surface area contributed by atoms with Gasteiger partial charge in [-0.1, -0.05) is 24.3 Å². The maximum atomic E-state index is 14.3. The van der Waals surface area contributed by atoms with E-state index in [2.05, 4.69) is 20.9 Å². The number of piperidine rings is 1. The van der Waals surface area contributed by atoms with E-state index >= 15 is 0 Å². The fourth-order valence-electron chi connectivity index (χ4n) is 6.63. The zero-order chi connectivity index (χ0) is 31.6. The Morgan fingerprint density at radius 2 is 1.87 bits per heavy atom. The number of nitrogens with zero attached hydrogens (tertiary/aromatic N) is 3. The van der Waals surface area contributed by atoms with Crippen molar-refractivity contribution in [3.8, 4) is 11.5 Å². The average molecular weight is 639 g/mol. The van der Waals surface area contributed by atoms with Crippen molar-refractivity contribution in [2.24, 2.45) is 0 Å². The van der Waals surface area contributed by atoms with Gasteiger partial charge in [-0.25, -0.2) is 4.79 Å². The molecular formula is C35H38N6O4S. The number of anilines is 1. The highest BCUT2D eigenvalue weighted by atomic mass is 32.2. The van der Waals surface area contributed by atoms with Gasteiger partial charge in [-0.3, -0.25) is 19.5 Å². The lowest BCUT2D eigenvalue weighted by atomic mass is 10.0. The number of ether oxygens (including phenoxy) is 1. The number of carbonyl (C=O) groups is 3. The molecule has 46 heavy (non-hydrogen) atoms. The Hall–Kier alpha value is -4.61. The number of rotatable bonds is 8. The lowest BCUT2D eigenvalue weighted by Gasteiger charge is -2.33. The molecule has 0 saturated carbocycles. The molecular weight excluding hydrogens is 600 g/mol. The van der Waals surface area contributed by atoms with Gasteiger partial charge in [-0.15, -0.1) is 10.9 Å². The molecule has 10 nitrogen and oxygen atoms in total. The minimum Gasteiger partial charge on any atom is -0.457 e. The molecule has 2 unspecified atom stereocenters. The first-order chi connectivity index (χ1) is 22.4. The summed E-state index contributed by atoms with van der Waals surface area (Å²) in [7, 11) is -1.41. The number of amides is 4. The van der Waals surface area contributed by atoms with Gasteiger partial charge in [-0.05, 0) is 87.7 Å². The maximum absolute atomic E-state index is 14.3. The first-order valence-electron chi connectivity index (χ1n) is 15.9. The predicted octanol–water partition coefficient (Wildman–Crippen LogP) is 5.18. The van der Waals surface area contributed by atoms with E-state index in [1.165, 1.54) is 12.8 Å². The number of hydrogen-bond donors (Lipinski definition) is 4. The van der Waals surface area contributed by atoms with Crippen molar-refractivity contribution >= 4 is 40.1 Å². The van der Waals surface area contributed by atoms with Crippen molar-refractivity contribution < 1.29 is 19.1 Å². The van der Waals surface area contributed by atoms with Gasteiger partial charge in [0.2, 0.25) is 5.91 Å². The van der Waals surface area contributed by atoms with Crippen LogP contribution in [0.5, 0.6) is 11.5 Å². The fourth-order valence-corrected chi connectivity index (χ4v) is 9.25. The van der Waals surface area contributed by atoms with E-state index in [0.29, 0.717) is 35.1 Å². The second kappa shape index (κ2) is 13.0. The molecule has 7 rings (SSSR count). The quantitative estimate of drug-likeness (QED) is 0.200. The van der Waals surface area contributed by atoms with Crippen molar-refractivity contribution in [3.05, 3.63) is 89.0 Å². The number of para-hydroxylation sites is 1. The van der Waals surface area contributed by atoms with E-state index < -0.39 is 10.9 Å². The number of hydrogen-bond acceptors (Lipinski definition) is 6. The van der Waals surface area contributed by atoms with Gasteiger partial charge in [0.05, 0.1) is 26.9 Å². The van der Waals surface area contributed by atoms with Crippen LogP contribution in [0.15, 0.2) is 87.8 Å². The third-order valence-electron chi connectivity index (χ3n) is 8.83. The summed E-state index contributed by atoms with van der Waals surface area (Å²) < 4.78 is 6.08. The molecule has 1 aromatic heterocycles. The van der Waals surface area contributed by atoms with E-state index in [4.69, 9.17) is 9.72 Å². The minimum atomic E-state index is -1.41. The van der Waals surface area contributed by atoms with E-state index in [0.717, 1.165) is 59.3 Å². The first kappa shape index (κ1) is 30.1. The van der Waals surface area contributed by atoms with E-state index in [1.807, 2.05) is 66.4 Å². The molecule has 4 amide bonds. The van der Waals surface area contributed by atoms with Crippen LogP contribution in [0.25, 0.3) is 5.70 Å². The molecule has 3 N–H and O–H groups in total. The molecule has 0 bridgehead atoms. The van der Waals surface area contributed by atoms with Crippen LogP contribution in [0.4, 0.5) is 10.5 Å². The fraction of sp³-hybridized carbons (Fsp3) is 0.314. The van der Waals surface area contributed by atoms with Crippen molar-refractivity contribution in [1.82, 2.24) is 25.4 Å². The molecule has 2 fully saturated rings. The molecule has 4 aliphatic rings. The second-order valence-corrected chi connectivity index (χ2v) is 14.1. The third kappa shape index (κ3) is 6.12. The van der Waals surface area contributed by atoms with Crippen LogP contribution in [-0.2, 0) is 9.59 Å². The smallest absolute Gasteiger partial charge is 0.323 e. The van der Waals surface area contributed by atoms with Gasteiger partial charge < -0.3 is 25.6 Å². The van der Waals surface area contributed by atoms with Crippen LogP contribution in [0.2, 0.25) is 0 Å². The molecule has 4 aliphatic heterocycles. The van der Waals surface area contributed by atoms with E-state index in [1.54, 1.807) is 18.3 Å². The number of aryl methyl sites for hydroxylation is 1. The van der Waals surface area contributed by atoms with Crippen molar-refractivity contribution in [1.29, 1.82) is 0 Å². The zero-order valence-corrected chi connectivity index (χ0v) is 26.7. The summed E-state index contributed by atoms with van der Waals surface area (Å²) >= 11 is 0. The Morgan fingerprint density at radius 3 is 2.67 bits per heavy atom. The van der Waals surface area contributed by atoms with Crippen LogP contribution in [0.1, 0.15) is 36.8 Å². The summed E-state index contributed by atoms with van der Waals surface area (Å²) in [6.07, 6.45) is 9.30. The van der Waals surface area contributed by atoms with Crippen molar-refractivity contribution in [2.75, 3.05) is 38.0 Å². The monoisotopic (exact) mass is 638 g/mol. The molecule has 5 heterocycles. The topological polar surface area (TPSA) is 116 Å². The van der Waals surface area contributed by atoms with E-state index in [-0.39, 0.29) is 23.9 Å². The number of likely N-dealkylation sites (tertiary alicyclic amines) is 2. The summed E-state index contributed by atoms with van der Waals surface area (Å²) in [5.74, 6) is 1.16. The van der Waals surface area contributed by atoms with Crippen LogP contribution >= 0.6 is 10.9 Å². The second-order valence-electron chi connectivity index (χ2n) is 12.1. The Labute approximate surface area is 271 Å². The number of nitrogens with one attached hydrogen (secondary N) is 3. The largest absolute Gasteiger partial charge is 0.457 e. The number of carbonyl (C=O) groups excluding carboxylic acids is 3. The van der Waals surface area contributed by atoms with Gasteiger partial charge in [0.1, 0.15) is 11.5 Å². The summed E-state index contributed by atoms with van der Waals surface area (Å²) in [5, 5.41) is 9.79. The molecule has 11 heteroatoms. The molecule has 238 valence electrons. The number of benzene rings is 2. The van der Waals surface area contributed by atoms with Crippen LogP contribution in [0.3, 0.4) is 0 Å². The van der Waals surface area contributed by atoms with Crippen LogP contribution in [-0.4, -0.2) is 71.4 Å². The minimum absolute atomic E-state index is 0.0245. The Balaban J connectivity index is 1.14. The normalized spacial score (nSPS) is 21.6. The number of pyridine rings is 1. The lowest BCUT2D eigenvalue weighted by molar-refractivity contribution is -0.128. The van der Waals surface area contributed by atoms with Gasteiger partial charge in [0.25, 0.3) is 5.91 Å². The Morgan fingerprint density at radius 1 is 1.04 bits per heavy atom. The third-order valence-corrected chi connectivity index (χ3v) is 11.5. The molecule has 0 radical (unpaired) electrons. The number of thiol groups is 1. The first-order valence-corrected chi connectivity index (χ1v) is 17.2. The Bertz CT molecular complexity index is 1740. The average Bonchev–Trinajstić information content (AvgIpc) is 3.69. The van der Waals surface area contributed by atoms with Gasteiger partial charge in [-0.2, -0.15) is 0 Å². The van der Waals surface area contributed by atoms with Gasteiger partial charge in [0.15, 0.2) is 0 Å². The molecule has 2 aromatic carbocycles. The lowest BCUT2D eigenvalue weighted by Crippen LogP contribution is -2.49. The summed E-state index contributed by atoms with van der Waals surface area (Å²) in [5.41, 5.74) is 2.85. The predicted molar refractivity (Wildman–Crippen MR) is 179 cm³/mol. The Kier molecular flexibility index (Phi) is 8.51. The van der Waals surface area contributed by atoms with Crippen LogP contribution < -0.4 is 20.7 Å². The molecule has 0 aliphatic carbocycles. The molecule has 3 aromatic rings. The number of aromatic nitrogens is 1. The maximum Gasteiger partial charge on any atom is 0.323 e. The zero-order valence-electron chi connectivity index (χ0n) is 25.8.